The van der Waals surface area contributed by atoms with Crippen LogP contribution in [0.5, 0.6) is 0 Å². The molecular weight excluding hydrogens is 343 g/mol. The van der Waals surface area contributed by atoms with E-state index in [-0.39, 0.29) is 6.42 Å². The first-order chi connectivity index (χ1) is 11.1. The van der Waals surface area contributed by atoms with Gasteiger partial charge in [-0.1, -0.05) is 0 Å². The number of aliphatic hydroxyl groups excluding tert-OH is 1. The molecule has 2 rings (SSSR count). The Morgan fingerprint density at radius 2 is 2.17 bits per heavy atom. The molecule has 0 spiro atoms. The second-order valence-electron chi connectivity index (χ2n) is 5.79. The Labute approximate surface area is 137 Å². The van der Waals surface area contributed by atoms with Gasteiger partial charge in [0, 0.05) is 18.2 Å². The van der Waals surface area contributed by atoms with Crippen LogP contribution in [0.3, 0.4) is 0 Å². The number of hydrogen-bond donors (Lipinski definition) is 3. The van der Waals surface area contributed by atoms with E-state index in [1.807, 2.05) is 0 Å². The molecule has 0 saturated carbocycles. The maximum atomic E-state index is 11.9. The quantitative estimate of drug-likeness (QED) is 0.601. The van der Waals surface area contributed by atoms with Crippen LogP contribution in [0.4, 0.5) is 0 Å². The van der Waals surface area contributed by atoms with Gasteiger partial charge in [0.15, 0.2) is 0 Å². The lowest BCUT2D eigenvalue weighted by Gasteiger charge is -2.20. The Morgan fingerprint density at radius 3 is 2.75 bits per heavy atom. The number of nitrogens with one attached hydrogen (secondary N) is 1. The fraction of sp³-hybridized carbons (Fsp3) is 0.692. The van der Waals surface area contributed by atoms with E-state index in [0.717, 1.165) is 4.57 Å². The monoisotopic (exact) mass is 364 g/mol. The van der Waals surface area contributed by atoms with Gasteiger partial charge in [-0.15, -0.1) is 0 Å². The molecule has 3 N–H and O–H groups in total. The van der Waals surface area contributed by atoms with Crippen molar-refractivity contribution in [3.05, 3.63) is 32.6 Å². The van der Waals surface area contributed by atoms with Gasteiger partial charge in [-0.05, 0) is 20.8 Å². The summed E-state index contributed by atoms with van der Waals surface area (Å²) in [5.41, 5.74) is -0.886. The number of phosphoric ester groups is 1. The number of hydrogen-bond acceptors (Lipinski definition) is 7. The van der Waals surface area contributed by atoms with Gasteiger partial charge in [-0.25, -0.2) is 9.36 Å². The highest BCUT2D eigenvalue weighted by atomic mass is 31.2. The molecule has 1 fully saturated rings. The van der Waals surface area contributed by atoms with Crippen molar-refractivity contribution in [1.29, 1.82) is 0 Å². The summed E-state index contributed by atoms with van der Waals surface area (Å²) in [4.78, 5) is 35.2. The zero-order valence-corrected chi connectivity index (χ0v) is 14.4. The van der Waals surface area contributed by atoms with Crippen LogP contribution in [0, 0.1) is 6.92 Å². The first-order valence-corrected chi connectivity index (χ1v) is 8.90. The summed E-state index contributed by atoms with van der Waals surface area (Å²) >= 11 is 0. The highest BCUT2D eigenvalue weighted by Gasteiger charge is 2.41. The van der Waals surface area contributed by atoms with Crippen molar-refractivity contribution in [2.45, 2.75) is 51.7 Å². The highest BCUT2D eigenvalue weighted by Crippen LogP contribution is 2.49. The van der Waals surface area contributed by atoms with Crippen LogP contribution in [0.15, 0.2) is 15.8 Å². The van der Waals surface area contributed by atoms with E-state index in [4.69, 9.17) is 13.8 Å². The smallest absolute Gasteiger partial charge is 0.394 e. The van der Waals surface area contributed by atoms with Crippen molar-refractivity contribution in [3.63, 3.8) is 0 Å². The van der Waals surface area contributed by atoms with Crippen LogP contribution < -0.4 is 11.2 Å². The van der Waals surface area contributed by atoms with Gasteiger partial charge in [0.05, 0.1) is 12.7 Å². The molecular formula is C13H21N2O8P. The lowest BCUT2D eigenvalue weighted by molar-refractivity contribution is -0.0472. The Morgan fingerprint density at radius 1 is 1.50 bits per heavy atom. The molecule has 11 heteroatoms. The molecule has 0 radical (unpaired) electrons. The minimum absolute atomic E-state index is 0.0304. The van der Waals surface area contributed by atoms with Crippen molar-refractivity contribution < 1.29 is 28.3 Å². The van der Waals surface area contributed by atoms with E-state index in [0.29, 0.717) is 5.56 Å². The molecule has 1 saturated heterocycles. The van der Waals surface area contributed by atoms with Crippen LogP contribution in [0.25, 0.3) is 0 Å². The fourth-order valence-electron chi connectivity index (χ4n) is 2.41. The predicted octanol–water partition coefficient (Wildman–Crippen LogP) is 0.0354. The first kappa shape index (κ1) is 19.0. The topological polar surface area (TPSA) is 140 Å². The lowest BCUT2D eigenvalue weighted by atomic mass is 10.2. The molecule has 0 aliphatic carbocycles. The maximum Gasteiger partial charge on any atom is 0.472 e. The van der Waals surface area contributed by atoms with E-state index in [9.17, 15) is 24.2 Å². The lowest BCUT2D eigenvalue weighted by Crippen LogP contribution is -2.33. The summed E-state index contributed by atoms with van der Waals surface area (Å²) in [6.45, 7) is 4.21. The second-order valence-corrected chi connectivity index (χ2v) is 7.15. The van der Waals surface area contributed by atoms with E-state index < -0.39 is 50.2 Å². The third-order valence-corrected chi connectivity index (χ3v) is 4.65. The normalized spacial score (nSPS) is 26.7. The predicted molar refractivity (Wildman–Crippen MR) is 82.6 cm³/mol. The molecule has 1 aromatic rings. The van der Waals surface area contributed by atoms with Gasteiger partial charge in [-0.3, -0.25) is 23.4 Å². The Bertz CT molecular complexity index is 742. The van der Waals surface area contributed by atoms with E-state index >= 15 is 0 Å². The molecule has 24 heavy (non-hydrogen) atoms. The minimum Gasteiger partial charge on any atom is -0.394 e. The van der Waals surface area contributed by atoms with Crippen molar-refractivity contribution in [2.75, 3.05) is 6.61 Å². The number of nitrogens with zero attached hydrogens (tertiary/aromatic N) is 1. The van der Waals surface area contributed by atoms with Gasteiger partial charge in [0.2, 0.25) is 0 Å². The van der Waals surface area contributed by atoms with E-state index in [1.54, 1.807) is 13.8 Å². The van der Waals surface area contributed by atoms with E-state index in [2.05, 4.69) is 4.98 Å². The molecule has 2 heterocycles. The van der Waals surface area contributed by atoms with Crippen LogP contribution in [0.1, 0.15) is 32.1 Å². The van der Waals surface area contributed by atoms with Gasteiger partial charge in [0.25, 0.3) is 5.56 Å². The molecule has 1 unspecified atom stereocenters. The van der Waals surface area contributed by atoms with Crippen LogP contribution >= 0.6 is 7.82 Å². The molecule has 136 valence electrons. The standard InChI is InChI=1S/C13H21N2O8P/c1-7(2)22-24(19,20)23-9-4-11(21-10(9)6-16)15-5-8(3)12(17)14-13(15)18/h5,7,9-11,16H,4,6H2,1-3H3,(H,19,20)(H,14,17,18)/t9-,10+,11+/m0/s1. The third kappa shape index (κ3) is 4.41. The second kappa shape index (κ2) is 7.30. The summed E-state index contributed by atoms with van der Waals surface area (Å²) < 4.78 is 28.5. The summed E-state index contributed by atoms with van der Waals surface area (Å²) in [7, 11) is -4.33. The zero-order chi connectivity index (χ0) is 18.1. The number of aromatic amines is 1. The number of H-pyrrole nitrogens is 1. The van der Waals surface area contributed by atoms with Gasteiger partial charge in [-0.2, -0.15) is 0 Å². The summed E-state index contributed by atoms with van der Waals surface area (Å²) in [5, 5.41) is 9.39. The van der Waals surface area contributed by atoms with Crippen LogP contribution in [0.2, 0.25) is 0 Å². The highest BCUT2D eigenvalue weighted by molar-refractivity contribution is 7.47. The minimum atomic E-state index is -4.33. The number of rotatable bonds is 6. The molecule has 10 nitrogen and oxygen atoms in total. The maximum absolute atomic E-state index is 11.9. The number of phosphoric acid groups is 1. The number of aryl methyl sites for hydroxylation is 1. The van der Waals surface area contributed by atoms with Crippen molar-refractivity contribution >= 4 is 7.82 Å². The van der Waals surface area contributed by atoms with Gasteiger partial charge in [0.1, 0.15) is 18.4 Å². The fourth-order valence-corrected chi connectivity index (χ4v) is 3.56. The average molecular weight is 364 g/mol. The number of ether oxygens (including phenoxy) is 1. The molecule has 0 amide bonds. The number of aliphatic hydroxyl groups is 1. The first-order valence-electron chi connectivity index (χ1n) is 7.41. The van der Waals surface area contributed by atoms with Crippen LogP contribution in [-0.4, -0.2) is 44.5 Å². The average Bonchev–Trinajstić information content (AvgIpc) is 2.83. The SMILES string of the molecule is Cc1cn([C@H]2C[C@H](OP(=O)(O)OC(C)C)[C@@H](CO)O2)c(=O)[nH]c1=O. The molecule has 0 aromatic carbocycles. The molecule has 1 aliphatic rings. The molecule has 4 atom stereocenters. The van der Waals surface area contributed by atoms with Crippen molar-refractivity contribution in [1.82, 2.24) is 9.55 Å². The largest absolute Gasteiger partial charge is 0.472 e. The van der Waals surface area contributed by atoms with Gasteiger partial charge < -0.3 is 14.7 Å². The molecule has 0 bridgehead atoms. The Hall–Kier alpha value is -1.29. The Kier molecular flexibility index (Phi) is 5.79. The van der Waals surface area contributed by atoms with Crippen molar-refractivity contribution in [3.8, 4) is 0 Å². The van der Waals surface area contributed by atoms with Crippen molar-refractivity contribution in [2.24, 2.45) is 0 Å². The van der Waals surface area contributed by atoms with Gasteiger partial charge >= 0.3 is 13.5 Å². The Balaban J connectivity index is 2.20. The number of aromatic nitrogens is 2. The van der Waals surface area contributed by atoms with Crippen LogP contribution in [-0.2, 0) is 18.3 Å². The summed E-state index contributed by atoms with van der Waals surface area (Å²) in [6.07, 6.45) is -1.89. The zero-order valence-electron chi connectivity index (χ0n) is 13.5. The van der Waals surface area contributed by atoms with E-state index in [1.165, 1.54) is 13.1 Å². The molecule has 1 aromatic heterocycles. The third-order valence-electron chi connectivity index (χ3n) is 3.43. The summed E-state index contributed by atoms with van der Waals surface area (Å²) in [6, 6.07) is 0. The molecule has 1 aliphatic heterocycles. The summed E-state index contributed by atoms with van der Waals surface area (Å²) in [5.74, 6) is 0.